The second kappa shape index (κ2) is 4.16. The molecule has 0 amide bonds. The molecule has 0 atom stereocenters. The van der Waals surface area contributed by atoms with E-state index < -0.39 is 5.97 Å². The van der Waals surface area contributed by atoms with E-state index in [0.29, 0.717) is 17.0 Å². The van der Waals surface area contributed by atoms with Crippen molar-refractivity contribution in [3.05, 3.63) is 42.5 Å². The third-order valence-corrected chi connectivity index (χ3v) is 2.82. The summed E-state index contributed by atoms with van der Waals surface area (Å²) < 4.78 is 1.76. The molecule has 0 unspecified atom stereocenters. The van der Waals surface area contributed by atoms with Crippen molar-refractivity contribution in [3.8, 4) is 11.4 Å². The number of nitrogens with zero attached hydrogens (tertiary/aromatic N) is 4. The number of aromatic carboxylic acids is 1. The van der Waals surface area contributed by atoms with Crippen LogP contribution in [0.5, 0.6) is 0 Å². The van der Waals surface area contributed by atoms with Gasteiger partial charge in [0.2, 0.25) is 5.82 Å². The quantitative estimate of drug-likeness (QED) is 0.753. The average molecular weight is 254 g/mol. The molecule has 0 aromatic carbocycles. The lowest BCUT2D eigenvalue weighted by atomic mass is 10.2. The predicted octanol–water partition coefficient (Wildman–Crippen LogP) is 1.73. The average Bonchev–Trinajstić information content (AvgIpc) is 2.80. The first-order valence-electron chi connectivity index (χ1n) is 5.64. The molecule has 6 heteroatoms. The Bertz CT molecular complexity index is 765. The van der Waals surface area contributed by atoms with Crippen molar-refractivity contribution in [2.45, 2.75) is 0 Å². The Morgan fingerprint density at radius 2 is 2.11 bits per heavy atom. The number of carbonyl (C=O) groups is 1. The van der Waals surface area contributed by atoms with Crippen LogP contribution in [0.4, 0.5) is 0 Å². The van der Waals surface area contributed by atoms with Crippen LogP contribution in [-0.2, 0) is 7.05 Å². The highest BCUT2D eigenvalue weighted by atomic mass is 16.4. The Morgan fingerprint density at radius 3 is 2.79 bits per heavy atom. The number of rotatable bonds is 2. The van der Waals surface area contributed by atoms with Crippen molar-refractivity contribution in [2.24, 2.45) is 7.05 Å². The van der Waals surface area contributed by atoms with Crippen LogP contribution in [0, 0.1) is 0 Å². The van der Waals surface area contributed by atoms with Crippen LogP contribution < -0.4 is 0 Å². The van der Waals surface area contributed by atoms with Gasteiger partial charge in [0.15, 0.2) is 0 Å². The van der Waals surface area contributed by atoms with Gasteiger partial charge in [-0.05, 0) is 18.2 Å². The summed E-state index contributed by atoms with van der Waals surface area (Å²) in [5, 5.41) is 9.87. The van der Waals surface area contributed by atoms with Gasteiger partial charge in [-0.15, -0.1) is 0 Å². The molecular weight excluding hydrogens is 244 g/mol. The van der Waals surface area contributed by atoms with Gasteiger partial charge in [-0.1, -0.05) is 6.07 Å². The van der Waals surface area contributed by atoms with Crippen molar-refractivity contribution in [1.29, 1.82) is 0 Å². The van der Waals surface area contributed by atoms with Crippen molar-refractivity contribution in [3.63, 3.8) is 0 Å². The minimum Gasteiger partial charge on any atom is -0.475 e. The first-order valence-corrected chi connectivity index (χ1v) is 5.64. The SMILES string of the molecule is Cn1ccc2c(-c3ccccn3)nc(C(=O)O)nc21. The summed E-state index contributed by atoms with van der Waals surface area (Å²) in [4.78, 5) is 23.5. The largest absolute Gasteiger partial charge is 0.475 e. The molecule has 0 spiro atoms. The number of hydrogen-bond donors (Lipinski definition) is 1. The van der Waals surface area contributed by atoms with Crippen molar-refractivity contribution < 1.29 is 9.90 Å². The molecule has 3 aromatic heterocycles. The summed E-state index contributed by atoms with van der Waals surface area (Å²) in [7, 11) is 1.81. The number of carboxylic acids is 1. The molecule has 0 bridgehead atoms. The van der Waals surface area contributed by atoms with Crippen LogP contribution in [0.1, 0.15) is 10.6 Å². The molecule has 0 saturated heterocycles. The third-order valence-electron chi connectivity index (χ3n) is 2.82. The van der Waals surface area contributed by atoms with Crippen LogP contribution in [0.2, 0.25) is 0 Å². The second-order valence-electron chi connectivity index (χ2n) is 4.08. The third kappa shape index (κ3) is 1.83. The minimum atomic E-state index is -1.15. The van der Waals surface area contributed by atoms with Crippen molar-refractivity contribution in [1.82, 2.24) is 19.5 Å². The Labute approximate surface area is 108 Å². The fourth-order valence-electron chi connectivity index (χ4n) is 1.93. The van der Waals surface area contributed by atoms with E-state index in [-0.39, 0.29) is 5.82 Å². The molecule has 0 aliphatic carbocycles. The Balaban J connectivity index is 2.37. The van der Waals surface area contributed by atoms with Gasteiger partial charge < -0.3 is 9.67 Å². The summed E-state index contributed by atoms with van der Waals surface area (Å²) in [5.41, 5.74) is 1.74. The van der Waals surface area contributed by atoms with Gasteiger partial charge in [0.1, 0.15) is 11.3 Å². The van der Waals surface area contributed by atoms with Crippen LogP contribution in [0.15, 0.2) is 36.7 Å². The molecule has 94 valence electrons. The molecule has 0 fully saturated rings. The van der Waals surface area contributed by atoms with E-state index in [1.807, 2.05) is 25.4 Å². The van der Waals surface area contributed by atoms with Gasteiger partial charge in [0.25, 0.3) is 0 Å². The zero-order chi connectivity index (χ0) is 13.4. The predicted molar refractivity (Wildman–Crippen MR) is 68.7 cm³/mol. The van der Waals surface area contributed by atoms with Gasteiger partial charge in [0.05, 0.1) is 5.69 Å². The summed E-state index contributed by atoms with van der Waals surface area (Å²) in [6, 6.07) is 7.27. The van der Waals surface area contributed by atoms with E-state index >= 15 is 0 Å². The van der Waals surface area contributed by atoms with Crippen LogP contribution >= 0.6 is 0 Å². The molecule has 19 heavy (non-hydrogen) atoms. The number of aromatic nitrogens is 4. The maximum Gasteiger partial charge on any atom is 0.374 e. The Hall–Kier alpha value is -2.76. The number of carboxylic acid groups (broad SMARTS) is 1. The highest BCUT2D eigenvalue weighted by Gasteiger charge is 2.16. The number of hydrogen-bond acceptors (Lipinski definition) is 4. The fourth-order valence-corrected chi connectivity index (χ4v) is 1.93. The molecule has 0 radical (unpaired) electrons. The Morgan fingerprint density at radius 1 is 1.26 bits per heavy atom. The maximum absolute atomic E-state index is 11.1. The van der Waals surface area contributed by atoms with Crippen molar-refractivity contribution >= 4 is 17.0 Å². The van der Waals surface area contributed by atoms with Crippen LogP contribution in [-0.4, -0.2) is 30.6 Å². The topological polar surface area (TPSA) is 80.9 Å². The molecular formula is C13H10N4O2. The molecule has 1 N–H and O–H groups in total. The molecule has 3 rings (SSSR count). The Kier molecular flexibility index (Phi) is 2.49. The van der Waals surface area contributed by atoms with Gasteiger partial charge >= 0.3 is 5.97 Å². The van der Waals surface area contributed by atoms with Gasteiger partial charge in [-0.25, -0.2) is 14.8 Å². The minimum absolute atomic E-state index is 0.227. The first kappa shape index (κ1) is 11.3. The van der Waals surface area contributed by atoms with Crippen LogP contribution in [0.3, 0.4) is 0 Å². The van der Waals surface area contributed by atoms with E-state index in [2.05, 4.69) is 15.0 Å². The van der Waals surface area contributed by atoms with E-state index in [0.717, 1.165) is 5.39 Å². The van der Waals surface area contributed by atoms with E-state index in [9.17, 15) is 4.79 Å². The summed E-state index contributed by atoms with van der Waals surface area (Å²) in [6.45, 7) is 0. The van der Waals surface area contributed by atoms with Crippen molar-refractivity contribution in [2.75, 3.05) is 0 Å². The van der Waals surface area contributed by atoms with Gasteiger partial charge in [-0.2, -0.15) is 0 Å². The second-order valence-corrected chi connectivity index (χ2v) is 4.08. The number of aryl methyl sites for hydroxylation is 1. The first-order chi connectivity index (χ1) is 9.16. The molecule has 3 heterocycles. The fraction of sp³-hybridized carbons (Fsp3) is 0.0769. The highest BCUT2D eigenvalue weighted by molar-refractivity contribution is 5.94. The lowest BCUT2D eigenvalue weighted by Crippen LogP contribution is -2.07. The number of pyridine rings is 1. The summed E-state index contributed by atoms with van der Waals surface area (Å²) in [6.07, 6.45) is 3.46. The van der Waals surface area contributed by atoms with E-state index in [4.69, 9.17) is 5.11 Å². The lowest BCUT2D eigenvalue weighted by molar-refractivity contribution is 0.0684. The lowest BCUT2D eigenvalue weighted by Gasteiger charge is -2.04. The zero-order valence-corrected chi connectivity index (χ0v) is 10.1. The van der Waals surface area contributed by atoms with Gasteiger partial charge in [0, 0.05) is 24.8 Å². The molecule has 6 nitrogen and oxygen atoms in total. The normalized spacial score (nSPS) is 10.8. The monoisotopic (exact) mass is 254 g/mol. The van der Waals surface area contributed by atoms with E-state index in [1.54, 1.807) is 22.9 Å². The maximum atomic E-state index is 11.1. The molecule has 3 aromatic rings. The smallest absolute Gasteiger partial charge is 0.374 e. The standard InChI is InChI=1S/C13H10N4O2/c1-17-7-5-8-10(9-4-2-3-6-14-9)15-11(13(18)19)16-12(8)17/h2-7H,1H3,(H,18,19). The number of fused-ring (bicyclic) bond motifs is 1. The molecule has 0 saturated carbocycles. The summed E-state index contributed by atoms with van der Waals surface area (Å²) >= 11 is 0. The van der Waals surface area contributed by atoms with Gasteiger partial charge in [-0.3, -0.25) is 4.98 Å². The van der Waals surface area contributed by atoms with E-state index in [1.165, 1.54) is 0 Å². The molecule has 0 aliphatic rings. The zero-order valence-electron chi connectivity index (χ0n) is 10.1. The summed E-state index contributed by atoms with van der Waals surface area (Å²) in [5.74, 6) is -1.38. The highest BCUT2D eigenvalue weighted by Crippen LogP contribution is 2.24. The molecule has 0 aliphatic heterocycles. The van der Waals surface area contributed by atoms with Crippen LogP contribution in [0.25, 0.3) is 22.4 Å².